The number of aliphatic carboxylic acids is 2. The average molecular weight is 678 g/mol. The number of aromatic amines is 1. The summed E-state index contributed by atoms with van der Waals surface area (Å²) < 4.78 is 74.3. The summed E-state index contributed by atoms with van der Waals surface area (Å²) in [6.07, 6.45) is -5.65. The lowest BCUT2D eigenvalue weighted by atomic mass is 10.1. The summed E-state index contributed by atoms with van der Waals surface area (Å²) in [5, 5.41) is 24.1. The Morgan fingerprint density at radius 2 is 1.57 bits per heavy atom. The van der Waals surface area contributed by atoms with E-state index in [1.165, 1.54) is 0 Å². The SMILES string of the molecule is COc1cccc(CN(CCCN2CCOCC2)C(=O)Nc2ccc(-c3cn[nH]c3)cc2)c1.O=C(O)C(F)(F)F.O=C(O)C(F)(F)F. The number of halogens is 6. The number of ether oxygens (including phenoxy) is 2. The molecule has 0 saturated carbocycles. The number of methoxy groups -OCH3 is 1. The van der Waals surface area contributed by atoms with E-state index in [2.05, 4.69) is 20.4 Å². The van der Waals surface area contributed by atoms with Crippen LogP contribution in [0.4, 0.5) is 36.8 Å². The van der Waals surface area contributed by atoms with Crippen molar-refractivity contribution >= 4 is 23.7 Å². The number of benzene rings is 2. The van der Waals surface area contributed by atoms with Gasteiger partial charge in [0, 0.05) is 50.2 Å². The molecule has 0 bridgehead atoms. The first-order valence-corrected chi connectivity index (χ1v) is 13.8. The van der Waals surface area contributed by atoms with Crippen molar-refractivity contribution in [2.45, 2.75) is 25.3 Å². The van der Waals surface area contributed by atoms with Crippen LogP contribution < -0.4 is 10.1 Å². The average Bonchev–Trinajstić information content (AvgIpc) is 3.56. The summed E-state index contributed by atoms with van der Waals surface area (Å²) in [6.45, 7) is 5.58. The maximum absolute atomic E-state index is 13.2. The number of rotatable bonds is 9. The number of amides is 2. The van der Waals surface area contributed by atoms with Crippen molar-refractivity contribution in [3.63, 3.8) is 0 Å². The number of hydrogen-bond donors (Lipinski definition) is 4. The number of H-pyrrole nitrogens is 1. The van der Waals surface area contributed by atoms with Crippen LogP contribution in [-0.4, -0.2) is 107 Å². The van der Waals surface area contributed by atoms with Gasteiger partial charge in [-0.05, 0) is 41.8 Å². The molecule has 0 radical (unpaired) electrons. The Morgan fingerprint density at radius 3 is 2.09 bits per heavy atom. The Labute approximate surface area is 264 Å². The van der Waals surface area contributed by atoms with E-state index in [9.17, 15) is 31.1 Å². The molecule has 2 amide bonds. The summed E-state index contributed by atoms with van der Waals surface area (Å²) in [7, 11) is 1.65. The third-order valence-electron chi connectivity index (χ3n) is 6.25. The standard InChI is InChI=1S/C25H31N5O3.2C2HF3O2/c1-32-24-5-2-4-20(16-24)19-30(11-3-10-29-12-14-33-15-13-29)25(31)28-23-8-6-21(7-9-23)22-17-26-27-18-22;2*3-2(4,5)1(6)7/h2,4-9,16-18H,3,10-15,19H2,1H3,(H,26,27)(H,28,31);2*(H,6,7). The zero-order valence-corrected chi connectivity index (χ0v) is 25.0. The van der Waals surface area contributed by atoms with E-state index < -0.39 is 24.3 Å². The summed E-state index contributed by atoms with van der Waals surface area (Å²) in [6, 6.07) is 15.5. The van der Waals surface area contributed by atoms with Crippen molar-refractivity contribution in [1.29, 1.82) is 0 Å². The van der Waals surface area contributed by atoms with Crippen molar-refractivity contribution < 1.29 is 60.4 Å². The highest BCUT2D eigenvalue weighted by atomic mass is 19.4. The van der Waals surface area contributed by atoms with Gasteiger partial charge in [0.1, 0.15) is 5.75 Å². The molecule has 4 rings (SSSR count). The number of carboxylic acids is 2. The number of nitrogens with zero attached hydrogens (tertiary/aromatic N) is 3. The van der Waals surface area contributed by atoms with E-state index in [0.717, 1.165) is 67.4 Å². The van der Waals surface area contributed by atoms with Gasteiger partial charge in [0.15, 0.2) is 0 Å². The smallest absolute Gasteiger partial charge is 0.490 e. The predicted octanol–water partition coefficient (Wildman–Crippen LogP) is 5.11. The monoisotopic (exact) mass is 677 g/mol. The van der Waals surface area contributed by atoms with Crippen LogP contribution in [0.5, 0.6) is 5.75 Å². The number of nitrogens with one attached hydrogen (secondary N) is 2. The van der Waals surface area contributed by atoms with Crippen LogP contribution in [0, 0.1) is 0 Å². The second-order valence-corrected chi connectivity index (χ2v) is 9.68. The molecule has 0 aliphatic carbocycles. The summed E-state index contributed by atoms with van der Waals surface area (Å²) in [4.78, 5) is 35.2. The van der Waals surface area contributed by atoms with Crippen molar-refractivity contribution in [2.24, 2.45) is 0 Å². The first kappa shape index (κ1) is 38.3. The fourth-order valence-electron chi connectivity index (χ4n) is 3.91. The van der Waals surface area contributed by atoms with Gasteiger partial charge in [0.25, 0.3) is 0 Å². The van der Waals surface area contributed by atoms with Crippen molar-refractivity contribution in [3.8, 4) is 16.9 Å². The van der Waals surface area contributed by atoms with E-state index in [0.29, 0.717) is 13.1 Å². The van der Waals surface area contributed by atoms with Crippen LogP contribution in [0.2, 0.25) is 0 Å². The number of carboxylic acid groups (broad SMARTS) is 2. The van der Waals surface area contributed by atoms with E-state index in [1.807, 2.05) is 59.6 Å². The Balaban J connectivity index is 0.000000459. The zero-order chi connectivity index (χ0) is 35.0. The summed E-state index contributed by atoms with van der Waals surface area (Å²) in [5.74, 6) is -4.73. The molecule has 4 N–H and O–H groups in total. The molecule has 1 aliphatic heterocycles. The number of carbonyl (C=O) groups excluding carboxylic acids is 1. The van der Waals surface area contributed by atoms with Crippen molar-refractivity contribution in [2.75, 3.05) is 51.8 Å². The third-order valence-corrected chi connectivity index (χ3v) is 6.25. The van der Waals surface area contributed by atoms with E-state index in [-0.39, 0.29) is 6.03 Å². The molecule has 0 spiro atoms. The largest absolute Gasteiger partial charge is 0.497 e. The molecule has 258 valence electrons. The topological polar surface area (TPSA) is 157 Å². The van der Waals surface area contributed by atoms with E-state index in [4.69, 9.17) is 29.3 Å². The van der Waals surface area contributed by atoms with Gasteiger partial charge >= 0.3 is 30.3 Å². The highest BCUT2D eigenvalue weighted by molar-refractivity contribution is 5.89. The number of alkyl halides is 6. The molecule has 1 saturated heterocycles. The maximum Gasteiger partial charge on any atom is 0.490 e. The fraction of sp³-hybridized carbons (Fsp3) is 0.379. The summed E-state index contributed by atoms with van der Waals surface area (Å²) in [5.41, 5.74) is 3.85. The normalized spacial score (nSPS) is 13.3. The van der Waals surface area contributed by atoms with Gasteiger partial charge < -0.3 is 29.9 Å². The Kier molecular flexibility index (Phi) is 15.0. The molecule has 47 heavy (non-hydrogen) atoms. The molecular formula is C29H33F6N5O7. The Morgan fingerprint density at radius 1 is 0.979 bits per heavy atom. The first-order valence-electron chi connectivity index (χ1n) is 13.8. The third kappa shape index (κ3) is 14.4. The van der Waals surface area contributed by atoms with Crippen LogP contribution in [-0.2, 0) is 20.9 Å². The summed E-state index contributed by atoms with van der Waals surface area (Å²) >= 11 is 0. The lowest BCUT2D eigenvalue weighted by molar-refractivity contribution is -0.193. The lowest BCUT2D eigenvalue weighted by Crippen LogP contribution is -2.40. The molecule has 2 heterocycles. The molecule has 1 aliphatic rings. The first-order chi connectivity index (χ1) is 22.1. The predicted molar refractivity (Wildman–Crippen MR) is 156 cm³/mol. The number of hydrogen-bond acceptors (Lipinski definition) is 7. The van der Waals surface area contributed by atoms with Gasteiger partial charge in [-0.1, -0.05) is 24.3 Å². The minimum Gasteiger partial charge on any atom is -0.497 e. The molecular weight excluding hydrogens is 644 g/mol. The van der Waals surface area contributed by atoms with Crippen LogP contribution in [0.3, 0.4) is 0 Å². The number of urea groups is 1. The van der Waals surface area contributed by atoms with Crippen LogP contribution in [0.25, 0.3) is 11.1 Å². The number of aromatic nitrogens is 2. The molecule has 1 fully saturated rings. The van der Waals surface area contributed by atoms with Crippen LogP contribution in [0.1, 0.15) is 12.0 Å². The highest BCUT2D eigenvalue weighted by Gasteiger charge is 2.38. The number of carbonyl (C=O) groups is 3. The molecule has 0 unspecified atom stereocenters. The van der Waals surface area contributed by atoms with Crippen LogP contribution in [0.15, 0.2) is 60.9 Å². The minimum absolute atomic E-state index is 0.115. The molecule has 1 aromatic heterocycles. The number of morpholine rings is 1. The Hall–Kier alpha value is -4.84. The lowest BCUT2D eigenvalue weighted by Gasteiger charge is -2.28. The highest BCUT2D eigenvalue weighted by Crippen LogP contribution is 2.21. The second-order valence-electron chi connectivity index (χ2n) is 9.68. The molecule has 0 atom stereocenters. The Bertz CT molecular complexity index is 1370. The van der Waals surface area contributed by atoms with Crippen molar-refractivity contribution in [3.05, 3.63) is 66.5 Å². The van der Waals surface area contributed by atoms with Crippen molar-refractivity contribution in [1.82, 2.24) is 20.0 Å². The van der Waals surface area contributed by atoms with Gasteiger partial charge in [0.05, 0.1) is 26.5 Å². The van der Waals surface area contributed by atoms with Gasteiger partial charge in [-0.25, -0.2) is 14.4 Å². The molecule has 3 aromatic rings. The van der Waals surface area contributed by atoms with Gasteiger partial charge in [0.2, 0.25) is 0 Å². The molecule has 12 nitrogen and oxygen atoms in total. The molecule has 2 aromatic carbocycles. The van der Waals surface area contributed by atoms with Gasteiger partial charge in [-0.2, -0.15) is 31.4 Å². The minimum atomic E-state index is -5.08. The van der Waals surface area contributed by atoms with Gasteiger partial charge in [-0.15, -0.1) is 0 Å². The van der Waals surface area contributed by atoms with Crippen LogP contribution >= 0.6 is 0 Å². The van der Waals surface area contributed by atoms with Gasteiger partial charge in [-0.3, -0.25) is 10.00 Å². The number of anilines is 1. The zero-order valence-electron chi connectivity index (χ0n) is 25.0. The van der Waals surface area contributed by atoms with E-state index in [1.54, 1.807) is 13.3 Å². The molecule has 18 heteroatoms. The fourth-order valence-corrected chi connectivity index (χ4v) is 3.91. The second kappa shape index (κ2) is 18.3. The van der Waals surface area contributed by atoms with E-state index >= 15 is 0 Å². The quantitative estimate of drug-likeness (QED) is 0.226. The maximum atomic E-state index is 13.2.